The molecule has 3 heteroatoms. The lowest BCUT2D eigenvalue weighted by atomic mass is 10.1. The summed E-state index contributed by atoms with van der Waals surface area (Å²) in [7, 11) is 0. The predicted molar refractivity (Wildman–Crippen MR) is 79.9 cm³/mol. The summed E-state index contributed by atoms with van der Waals surface area (Å²) in [5.41, 5.74) is 2.38. The lowest BCUT2D eigenvalue weighted by molar-refractivity contribution is 0.104. The van der Waals surface area contributed by atoms with Crippen LogP contribution in [0.2, 0.25) is 0 Å². The van der Waals surface area contributed by atoms with Crippen molar-refractivity contribution < 1.29 is 14.2 Å². The second-order valence-electron chi connectivity index (χ2n) is 4.52. The minimum absolute atomic E-state index is 0.0545. The monoisotopic (exact) mass is 284 g/mol. The van der Waals surface area contributed by atoms with Crippen molar-refractivity contribution in [3.05, 3.63) is 71.0 Å². The summed E-state index contributed by atoms with van der Waals surface area (Å²) >= 11 is 0. The second kappa shape index (κ2) is 8.21. The molecule has 0 fully saturated rings. The Balaban J connectivity index is 1.98. The molecule has 0 unspecified atom stereocenters. The maximum Gasteiger partial charge on any atom is 0.128 e. The van der Waals surface area contributed by atoms with Crippen LogP contribution in [-0.2, 0) is 18.0 Å². The zero-order chi connectivity index (χ0) is 14.9. The Morgan fingerprint density at radius 1 is 0.952 bits per heavy atom. The molecule has 2 rings (SSSR count). The quantitative estimate of drug-likeness (QED) is 0.854. The zero-order valence-electron chi connectivity index (χ0n) is 11.7. The summed E-state index contributed by atoms with van der Waals surface area (Å²) in [6, 6.07) is 14.2. The number of aliphatic hydroxyl groups excluding tert-OH is 1. The first-order valence-corrected chi connectivity index (χ1v) is 6.80. The van der Waals surface area contributed by atoms with Gasteiger partial charge in [-0.2, -0.15) is 0 Å². The van der Waals surface area contributed by atoms with Crippen LogP contribution in [0.5, 0.6) is 0 Å². The van der Waals surface area contributed by atoms with Gasteiger partial charge in [0.2, 0.25) is 0 Å². The molecular formula is C18H17FO2. The molecule has 0 atom stereocenters. The molecule has 21 heavy (non-hydrogen) atoms. The van der Waals surface area contributed by atoms with E-state index < -0.39 is 0 Å². The highest BCUT2D eigenvalue weighted by Gasteiger charge is 2.03. The largest absolute Gasteiger partial charge is 0.395 e. The van der Waals surface area contributed by atoms with Crippen LogP contribution in [0.25, 0.3) is 0 Å². The molecule has 0 spiro atoms. The number of halogens is 1. The van der Waals surface area contributed by atoms with Gasteiger partial charge in [0.1, 0.15) is 5.82 Å². The highest BCUT2D eigenvalue weighted by molar-refractivity contribution is 5.40. The molecule has 0 aromatic heterocycles. The highest BCUT2D eigenvalue weighted by Crippen LogP contribution is 2.12. The fourth-order valence-electron chi connectivity index (χ4n) is 1.87. The van der Waals surface area contributed by atoms with Gasteiger partial charge in [0.25, 0.3) is 0 Å². The van der Waals surface area contributed by atoms with Crippen molar-refractivity contribution >= 4 is 0 Å². The molecule has 0 heterocycles. The summed E-state index contributed by atoms with van der Waals surface area (Å²) in [4.78, 5) is 0. The van der Waals surface area contributed by atoms with Gasteiger partial charge < -0.3 is 9.84 Å². The lowest BCUT2D eigenvalue weighted by Gasteiger charge is -2.07. The van der Waals surface area contributed by atoms with Crippen LogP contribution < -0.4 is 0 Å². The summed E-state index contributed by atoms with van der Waals surface area (Å²) < 4.78 is 19.1. The topological polar surface area (TPSA) is 29.5 Å². The van der Waals surface area contributed by atoms with E-state index in [0.29, 0.717) is 18.6 Å². The van der Waals surface area contributed by atoms with Gasteiger partial charge in [0, 0.05) is 17.5 Å². The van der Waals surface area contributed by atoms with E-state index in [9.17, 15) is 4.39 Å². The average Bonchev–Trinajstić information content (AvgIpc) is 2.51. The second-order valence-corrected chi connectivity index (χ2v) is 4.52. The minimum Gasteiger partial charge on any atom is -0.395 e. The molecule has 0 amide bonds. The Labute approximate surface area is 124 Å². The normalized spacial score (nSPS) is 10.0. The highest BCUT2D eigenvalue weighted by atomic mass is 19.1. The number of rotatable bonds is 5. The summed E-state index contributed by atoms with van der Waals surface area (Å²) in [6.45, 7) is 0.655. The fraction of sp³-hybridized carbons (Fsp3) is 0.222. The van der Waals surface area contributed by atoms with Crippen LogP contribution in [0, 0.1) is 17.7 Å². The molecule has 0 saturated carbocycles. The molecule has 0 bridgehead atoms. The van der Waals surface area contributed by atoms with Crippen LogP contribution in [0.15, 0.2) is 48.5 Å². The van der Waals surface area contributed by atoms with E-state index in [2.05, 4.69) is 11.8 Å². The van der Waals surface area contributed by atoms with Crippen molar-refractivity contribution in [3.63, 3.8) is 0 Å². The molecule has 2 aromatic rings. The van der Waals surface area contributed by atoms with E-state index in [1.165, 1.54) is 6.07 Å². The van der Waals surface area contributed by atoms with Crippen molar-refractivity contribution in [2.75, 3.05) is 6.61 Å². The van der Waals surface area contributed by atoms with Crippen molar-refractivity contribution in [2.24, 2.45) is 0 Å². The van der Waals surface area contributed by atoms with E-state index in [4.69, 9.17) is 9.84 Å². The number of hydrogen-bond acceptors (Lipinski definition) is 2. The predicted octanol–water partition coefficient (Wildman–Crippen LogP) is 3.28. The van der Waals surface area contributed by atoms with Crippen LogP contribution >= 0.6 is 0 Å². The third-order valence-corrected chi connectivity index (χ3v) is 2.95. The molecule has 1 N–H and O–H groups in total. The maximum atomic E-state index is 13.5. The third kappa shape index (κ3) is 4.71. The standard InChI is InChI=1S/C18H17FO2/c19-18-11-4-3-10-17(18)14-21-13-16-9-2-1-7-15(16)8-5-6-12-20/h1-4,7,9-11,20H,6,12-14H2. The number of aliphatic hydroxyl groups is 1. The summed E-state index contributed by atoms with van der Waals surface area (Å²) in [5, 5.41) is 8.74. The molecule has 0 radical (unpaired) electrons. The molecular weight excluding hydrogens is 267 g/mol. The zero-order valence-corrected chi connectivity index (χ0v) is 11.7. The Morgan fingerprint density at radius 2 is 1.62 bits per heavy atom. The van der Waals surface area contributed by atoms with Gasteiger partial charge in [0.15, 0.2) is 0 Å². The van der Waals surface area contributed by atoms with Crippen molar-refractivity contribution in [2.45, 2.75) is 19.6 Å². The van der Waals surface area contributed by atoms with Crippen LogP contribution in [0.4, 0.5) is 4.39 Å². The van der Waals surface area contributed by atoms with Crippen LogP contribution in [0.1, 0.15) is 23.1 Å². The van der Waals surface area contributed by atoms with E-state index in [1.54, 1.807) is 18.2 Å². The number of hydrogen-bond donors (Lipinski definition) is 1. The molecule has 0 aliphatic heterocycles. The summed E-state index contributed by atoms with van der Waals surface area (Å²) in [5.74, 6) is 5.65. The van der Waals surface area contributed by atoms with Gasteiger partial charge in [-0.05, 0) is 17.7 Å². The molecule has 0 saturated heterocycles. The van der Waals surface area contributed by atoms with E-state index >= 15 is 0 Å². The van der Waals surface area contributed by atoms with Crippen molar-refractivity contribution in [1.29, 1.82) is 0 Å². The summed E-state index contributed by atoms with van der Waals surface area (Å²) in [6.07, 6.45) is 0.449. The minimum atomic E-state index is -0.256. The SMILES string of the molecule is OCCC#Cc1ccccc1COCc1ccccc1F. The average molecular weight is 284 g/mol. The Bertz CT molecular complexity index is 641. The van der Waals surface area contributed by atoms with Gasteiger partial charge >= 0.3 is 0 Å². The fourth-order valence-corrected chi connectivity index (χ4v) is 1.87. The third-order valence-electron chi connectivity index (χ3n) is 2.95. The first-order chi connectivity index (χ1) is 10.3. The number of ether oxygens (including phenoxy) is 1. The number of benzene rings is 2. The first-order valence-electron chi connectivity index (χ1n) is 6.80. The molecule has 0 aliphatic rings. The van der Waals surface area contributed by atoms with Gasteiger partial charge in [-0.3, -0.25) is 0 Å². The first kappa shape index (κ1) is 15.2. The maximum absolute atomic E-state index is 13.5. The Hall–Kier alpha value is -2.15. The van der Waals surface area contributed by atoms with Gasteiger partial charge in [-0.1, -0.05) is 48.2 Å². The van der Waals surface area contributed by atoms with Gasteiger partial charge in [-0.25, -0.2) is 4.39 Å². The molecule has 108 valence electrons. The smallest absolute Gasteiger partial charge is 0.128 e. The molecule has 2 aromatic carbocycles. The van der Waals surface area contributed by atoms with Gasteiger partial charge in [-0.15, -0.1) is 0 Å². The van der Waals surface area contributed by atoms with Crippen LogP contribution in [-0.4, -0.2) is 11.7 Å². The van der Waals surface area contributed by atoms with E-state index in [0.717, 1.165) is 11.1 Å². The van der Waals surface area contributed by atoms with Crippen LogP contribution in [0.3, 0.4) is 0 Å². The Morgan fingerprint density at radius 3 is 2.38 bits per heavy atom. The lowest BCUT2D eigenvalue weighted by Crippen LogP contribution is -1.98. The van der Waals surface area contributed by atoms with Gasteiger partial charge in [0.05, 0.1) is 19.8 Å². The van der Waals surface area contributed by atoms with E-state index in [1.807, 2.05) is 24.3 Å². The van der Waals surface area contributed by atoms with E-state index in [-0.39, 0.29) is 19.0 Å². The molecule has 0 aliphatic carbocycles. The van der Waals surface area contributed by atoms with Crippen molar-refractivity contribution in [1.82, 2.24) is 0 Å². The Kier molecular flexibility index (Phi) is 5.96. The molecule has 2 nitrogen and oxygen atoms in total. The van der Waals surface area contributed by atoms with Crippen molar-refractivity contribution in [3.8, 4) is 11.8 Å².